The van der Waals surface area contributed by atoms with Crippen LogP contribution >= 0.6 is 22.9 Å². The van der Waals surface area contributed by atoms with Gasteiger partial charge in [0.1, 0.15) is 29.9 Å². The molecule has 0 saturated heterocycles. The first-order chi connectivity index (χ1) is 13.2. The number of nitrogens with one attached hydrogen (secondary N) is 1. The van der Waals surface area contributed by atoms with Gasteiger partial charge in [0, 0.05) is 33.9 Å². The molecule has 7 heteroatoms. The molecule has 134 valence electrons. The number of halogens is 1. The van der Waals surface area contributed by atoms with E-state index in [1.54, 1.807) is 6.20 Å². The maximum Gasteiger partial charge on any atom is 0.163 e. The summed E-state index contributed by atoms with van der Waals surface area (Å²) in [5.74, 6) is 1.42. The minimum absolute atomic E-state index is 0.454. The minimum Gasteiger partial charge on any atom is -0.486 e. The van der Waals surface area contributed by atoms with E-state index in [2.05, 4.69) is 16.4 Å². The zero-order valence-electron chi connectivity index (χ0n) is 14.1. The van der Waals surface area contributed by atoms with Crippen LogP contribution in [0.15, 0.2) is 54.0 Å². The van der Waals surface area contributed by atoms with E-state index in [-0.39, 0.29) is 0 Å². The molecule has 0 atom stereocenters. The van der Waals surface area contributed by atoms with Gasteiger partial charge >= 0.3 is 0 Å². The molecular weight excluding hydrogens is 382 g/mol. The number of rotatable bonds is 4. The summed E-state index contributed by atoms with van der Waals surface area (Å²) in [6, 6.07) is 15.2. The van der Waals surface area contributed by atoms with Crippen molar-refractivity contribution in [3.63, 3.8) is 0 Å². The smallest absolute Gasteiger partial charge is 0.163 e. The number of nitrogens with zero attached hydrogens (tertiary/aromatic N) is 2. The summed E-state index contributed by atoms with van der Waals surface area (Å²) in [7, 11) is 0. The Morgan fingerprint density at radius 2 is 1.93 bits per heavy atom. The van der Waals surface area contributed by atoms with Crippen LogP contribution in [0.4, 0.5) is 5.69 Å². The molecule has 0 saturated carbocycles. The molecule has 1 N–H and O–H groups in total. The largest absolute Gasteiger partial charge is 0.486 e. The molecule has 0 aliphatic carbocycles. The van der Waals surface area contributed by atoms with E-state index in [1.807, 2.05) is 47.8 Å². The Kier molecular flexibility index (Phi) is 4.97. The molecule has 3 aromatic rings. The zero-order chi connectivity index (χ0) is 18.6. The summed E-state index contributed by atoms with van der Waals surface area (Å²) in [6.45, 7) is 1.08. The standard InChI is InChI=1S/C20H14ClN3O2S/c21-15-3-1-13(2-4-15)17-12-27-20(24-17)14(10-22)11-23-16-5-6-18-19(9-16)26-8-7-25-18/h1-6,9,11-12,23H,7-8H2/b14-11+. The summed E-state index contributed by atoms with van der Waals surface area (Å²) in [5, 5.41) is 15.9. The number of benzene rings is 2. The molecule has 0 radical (unpaired) electrons. The van der Waals surface area contributed by atoms with Crippen LogP contribution < -0.4 is 14.8 Å². The highest BCUT2D eigenvalue weighted by molar-refractivity contribution is 7.11. The van der Waals surface area contributed by atoms with Crippen molar-refractivity contribution >= 4 is 34.2 Å². The SMILES string of the molecule is N#C/C(=C\Nc1ccc2c(c1)OCCO2)c1nc(-c2ccc(Cl)cc2)cs1. The highest BCUT2D eigenvalue weighted by Gasteiger charge is 2.12. The van der Waals surface area contributed by atoms with Gasteiger partial charge < -0.3 is 14.8 Å². The first kappa shape index (κ1) is 17.4. The predicted octanol–water partition coefficient (Wildman–Crippen LogP) is 5.21. The Morgan fingerprint density at radius 1 is 1.15 bits per heavy atom. The Labute approximate surface area is 165 Å². The topological polar surface area (TPSA) is 67.2 Å². The van der Waals surface area contributed by atoms with Gasteiger partial charge in [-0.2, -0.15) is 5.26 Å². The molecule has 2 heterocycles. The van der Waals surface area contributed by atoms with Crippen LogP contribution in [-0.2, 0) is 0 Å². The van der Waals surface area contributed by atoms with Crippen molar-refractivity contribution in [2.24, 2.45) is 0 Å². The Morgan fingerprint density at radius 3 is 2.70 bits per heavy atom. The third kappa shape index (κ3) is 3.90. The molecule has 4 rings (SSSR count). The lowest BCUT2D eigenvalue weighted by atomic mass is 10.2. The van der Waals surface area contributed by atoms with Gasteiger partial charge in [-0.1, -0.05) is 23.7 Å². The molecule has 1 aliphatic rings. The third-order valence-corrected chi connectivity index (χ3v) is 5.05. The molecule has 27 heavy (non-hydrogen) atoms. The van der Waals surface area contributed by atoms with Crippen molar-refractivity contribution in [2.75, 3.05) is 18.5 Å². The lowest BCUT2D eigenvalue weighted by molar-refractivity contribution is 0.171. The zero-order valence-corrected chi connectivity index (χ0v) is 15.7. The van der Waals surface area contributed by atoms with E-state index < -0.39 is 0 Å². The summed E-state index contributed by atoms with van der Waals surface area (Å²) >= 11 is 7.35. The van der Waals surface area contributed by atoms with Crippen LogP contribution in [0.25, 0.3) is 16.8 Å². The van der Waals surface area contributed by atoms with Crippen LogP contribution in [0.3, 0.4) is 0 Å². The number of thiazole rings is 1. The average molecular weight is 396 g/mol. The number of hydrogen-bond acceptors (Lipinski definition) is 6. The second-order valence-electron chi connectivity index (χ2n) is 5.72. The normalized spacial score (nSPS) is 13.1. The third-order valence-electron chi connectivity index (χ3n) is 3.92. The maximum atomic E-state index is 9.51. The van der Waals surface area contributed by atoms with Gasteiger partial charge in [0.15, 0.2) is 11.5 Å². The van der Waals surface area contributed by atoms with Crippen LogP contribution in [0, 0.1) is 11.3 Å². The number of anilines is 1. The lowest BCUT2D eigenvalue weighted by Crippen LogP contribution is -2.15. The van der Waals surface area contributed by atoms with Crippen LogP contribution in [0.5, 0.6) is 11.5 Å². The monoisotopic (exact) mass is 395 g/mol. The lowest BCUT2D eigenvalue weighted by Gasteiger charge is -2.18. The Bertz CT molecular complexity index is 1040. The molecule has 2 aromatic carbocycles. The van der Waals surface area contributed by atoms with Gasteiger partial charge in [-0.25, -0.2) is 4.98 Å². The van der Waals surface area contributed by atoms with Crippen molar-refractivity contribution in [3.8, 4) is 28.8 Å². The molecule has 0 amide bonds. The summed E-state index contributed by atoms with van der Waals surface area (Å²) in [5.41, 5.74) is 3.03. The van der Waals surface area contributed by atoms with Crippen LogP contribution in [-0.4, -0.2) is 18.2 Å². The van der Waals surface area contributed by atoms with Gasteiger partial charge in [-0.3, -0.25) is 0 Å². The van der Waals surface area contributed by atoms with E-state index in [4.69, 9.17) is 21.1 Å². The Balaban J connectivity index is 1.54. The van der Waals surface area contributed by atoms with Crippen molar-refractivity contribution in [1.29, 1.82) is 5.26 Å². The summed E-state index contributed by atoms with van der Waals surface area (Å²) in [4.78, 5) is 4.56. The quantitative estimate of drug-likeness (QED) is 0.614. The van der Waals surface area contributed by atoms with Gasteiger partial charge in [0.2, 0.25) is 0 Å². The number of allylic oxidation sites excluding steroid dienone is 1. The number of ether oxygens (including phenoxy) is 2. The minimum atomic E-state index is 0.454. The fourth-order valence-electron chi connectivity index (χ4n) is 2.58. The second-order valence-corrected chi connectivity index (χ2v) is 7.01. The van der Waals surface area contributed by atoms with Gasteiger partial charge in [0.05, 0.1) is 5.69 Å². The molecule has 0 spiro atoms. The van der Waals surface area contributed by atoms with Gasteiger partial charge in [0.25, 0.3) is 0 Å². The molecule has 1 aromatic heterocycles. The van der Waals surface area contributed by atoms with Crippen LogP contribution in [0.1, 0.15) is 5.01 Å². The Hall–Kier alpha value is -3.01. The second kappa shape index (κ2) is 7.70. The molecule has 0 bridgehead atoms. The van der Waals surface area contributed by atoms with E-state index in [0.717, 1.165) is 22.7 Å². The predicted molar refractivity (Wildman–Crippen MR) is 107 cm³/mol. The molecular formula is C20H14ClN3O2S. The number of nitriles is 1. The summed E-state index contributed by atoms with van der Waals surface area (Å²) < 4.78 is 11.1. The fraction of sp³-hybridized carbons (Fsp3) is 0.100. The number of hydrogen-bond donors (Lipinski definition) is 1. The fourth-order valence-corrected chi connectivity index (χ4v) is 3.50. The van der Waals surface area contributed by atoms with Crippen molar-refractivity contribution in [3.05, 3.63) is 64.1 Å². The van der Waals surface area contributed by atoms with Crippen molar-refractivity contribution in [1.82, 2.24) is 4.98 Å². The first-order valence-corrected chi connectivity index (χ1v) is 9.47. The van der Waals surface area contributed by atoms with E-state index in [0.29, 0.717) is 34.6 Å². The van der Waals surface area contributed by atoms with E-state index >= 15 is 0 Å². The average Bonchev–Trinajstić information content (AvgIpc) is 3.19. The molecule has 0 fully saturated rings. The summed E-state index contributed by atoms with van der Waals surface area (Å²) in [6.07, 6.45) is 1.65. The van der Waals surface area contributed by atoms with Crippen molar-refractivity contribution < 1.29 is 9.47 Å². The first-order valence-electron chi connectivity index (χ1n) is 8.21. The van der Waals surface area contributed by atoms with Gasteiger partial charge in [-0.15, -0.1) is 11.3 Å². The van der Waals surface area contributed by atoms with E-state index in [1.165, 1.54) is 11.3 Å². The molecule has 0 unspecified atom stereocenters. The number of fused-ring (bicyclic) bond motifs is 1. The van der Waals surface area contributed by atoms with Crippen LogP contribution in [0.2, 0.25) is 5.02 Å². The van der Waals surface area contributed by atoms with E-state index in [9.17, 15) is 5.26 Å². The highest BCUT2D eigenvalue weighted by atomic mass is 35.5. The maximum absolute atomic E-state index is 9.51. The molecule has 5 nitrogen and oxygen atoms in total. The number of aromatic nitrogens is 1. The highest BCUT2D eigenvalue weighted by Crippen LogP contribution is 2.33. The van der Waals surface area contributed by atoms with Crippen molar-refractivity contribution in [2.45, 2.75) is 0 Å². The van der Waals surface area contributed by atoms with Gasteiger partial charge in [-0.05, 0) is 24.3 Å². The molecule has 1 aliphatic heterocycles.